The summed E-state index contributed by atoms with van der Waals surface area (Å²) in [5.41, 5.74) is 0. The molecule has 8 heteroatoms. The quantitative estimate of drug-likeness (QED) is 0.763. The van der Waals surface area contributed by atoms with E-state index < -0.39 is 24.5 Å². The van der Waals surface area contributed by atoms with Crippen molar-refractivity contribution in [3.05, 3.63) is 0 Å². The molecule has 0 spiro atoms. The number of hydrogen-bond donors (Lipinski definition) is 1. The molecule has 1 N–H and O–H groups in total. The fourth-order valence-corrected chi connectivity index (χ4v) is 2.45. The van der Waals surface area contributed by atoms with Crippen LogP contribution >= 0.6 is 0 Å². The molecule has 108 valence electrons. The van der Waals surface area contributed by atoms with Crippen molar-refractivity contribution in [2.24, 2.45) is 5.92 Å². The van der Waals surface area contributed by atoms with Crippen molar-refractivity contribution in [3.8, 4) is 0 Å². The Kier molecular flexibility index (Phi) is 3.98. The van der Waals surface area contributed by atoms with E-state index >= 15 is 0 Å². The van der Waals surface area contributed by atoms with Gasteiger partial charge < -0.3 is 15.1 Å². The third kappa shape index (κ3) is 3.59. The molecule has 2 fully saturated rings. The summed E-state index contributed by atoms with van der Waals surface area (Å²) in [6, 6.07) is 0. The lowest BCUT2D eigenvalue weighted by atomic mass is 10.1. The van der Waals surface area contributed by atoms with Gasteiger partial charge in [0.15, 0.2) is 0 Å². The summed E-state index contributed by atoms with van der Waals surface area (Å²) < 4.78 is 36.8. The number of amides is 2. The average molecular weight is 279 g/mol. The van der Waals surface area contributed by atoms with Crippen LogP contribution in [0.15, 0.2) is 0 Å². The van der Waals surface area contributed by atoms with Crippen LogP contribution in [-0.2, 0) is 9.59 Å². The van der Waals surface area contributed by atoms with E-state index in [4.69, 9.17) is 0 Å². The van der Waals surface area contributed by atoms with Crippen LogP contribution in [-0.4, -0.2) is 67.1 Å². The second-order valence-electron chi connectivity index (χ2n) is 4.87. The van der Waals surface area contributed by atoms with Crippen molar-refractivity contribution in [1.29, 1.82) is 0 Å². The van der Waals surface area contributed by atoms with Crippen molar-refractivity contribution < 1.29 is 22.8 Å². The van der Waals surface area contributed by atoms with Gasteiger partial charge in [-0.25, -0.2) is 0 Å². The van der Waals surface area contributed by atoms with Gasteiger partial charge in [0.25, 0.3) is 0 Å². The second-order valence-corrected chi connectivity index (χ2v) is 4.87. The van der Waals surface area contributed by atoms with Gasteiger partial charge in [0, 0.05) is 39.1 Å². The number of nitrogens with one attached hydrogen (secondary N) is 1. The van der Waals surface area contributed by atoms with Crippen molar-refractivity contribution >= 4 is 11.8 Å². The Bertz CT molecular complexity index is 367. The maximum Gasteiger partial charge on any atom is 0.406 e. The summed E-state index contributed by atoms with van der Waals surface area (Å²) in [7, 11) is 0. The zero-order valence-electron chi connectivity index (χ0n) is 10.4. The minimum atomic E-state index is -4.41. The lowest BCUT2D eigenvalue weighted by Gasteiger charge is -2.29. The van der Waals surface area contributed by atoms with Crippen molar-refractivity contribution in [2.75, 3.05) is 39.3 Å². The standard InChI is InChI=1S/C11H16F3N3O2/c12-11(13,14)7-17-6-8(5-9(17)18)10(19)16-3-1-15-2-4-16/h8,15H,1-7H2/t8-/m0/s1. The molecule has 0 aromatic carbocycles. The number of rotatable bonds is 2. The van der Waals surface area contributed by atoms with Gasteiger partial charge in [-0.15, -0.1) is 0 Å². The molecule has 2 amide bonds. The highest BCUT2D eigenvalue weighted by atomic mass is 19.4. The average Bonchev–Trinajstić information content (AvgIpc) is 2.69. The topological polar surface area (TPSA) is 52.7 Å². The fourth-order valence-electron chi connectivity index (χ4n) is 2.45. The van der Waals surface area contributed by atoms with Gasteiger partial charge in [0.2, 0.25) is 11.8 Å². The highest BCUT2D eigenvalue weighted by Crippen LogP contribution is 2.25. The fraction of sp³-hybridized carbons (Fsp3) is 0.818. The second kappa shape index (κ2) is 5.36. The largest absolute Gasteiger partial charge is 0.406 e. The van der Waals surface area contributed by atoms with Gasteiger partial charge in [0.05, 0.1) is 5.92 Å². The molecular weight excluding hydrogens is 263 g/mol. The van der Waals surface area contributed by atoms with Gasteiger partial charge in [-0.3, -0.25) is 9.59 Å². The SMILES string of the molecule is O=C1C[C@H](C(=O)N2CCNCC2)CN1CC(F)(F)F. The summed E-state index contributed by atoms with van der Waals surface area (Å²) in [4.78, 5) is 25.9. The van der Waals surface area contributed by atoms with Crippen LogP contribution in [0.25, 0.3) is 0 Å². The third-order valence-electron chi connectivity index (χ3n) is 3.36. The Balaban J connectivity index is 1.92. The number of carbonyl (C=O) groups excluding carboxylic acids is 2. The van der Waals surface area contributed by atoms with E-state index in [9.17, 15) is 22.8 Å². The van der Waals surface area contributed by atoms with E-state index in [0.717, 1.165) is 4.90 Å². The van der Waals surface area contributed by atoms with E-state index in [1.807, 2.05) is 0 Å². The predicted octanol–water partition coefficient (Wildman–Crippen LogP) is -0.171. The maximum atomic E-state index is 12.3. The lowest BCUT2D eigenvalue weighted by molar-refractivity contribution is -0.157. The smallest absolute Gasteiger partial charge is 0.340 e. The molecule has 2 aliphatic heterocycles. The number of likely N-dealkylation sites (tertiary alicyclic amines) is 1. The highest BCUT2D eigenvalue weighted by Gasteiger charge is 2.41. The molecule has 1 atom stereocenters. The first-order valence-electron chi connectivity index (χ1n) is 6.21. The summed E-state index contributed by atoms with van der Waals surface area (Å²) in [6.45, 7) is 1.06. The monoisotopic (exact) mass is 279 g/mol. The number of halogens is 3. The Morgan fingerprint density at radius 1 is 1.32 bits per heavy atom. The molecule has 0 aliphatic carbocycles. The predicted molar refractivity (Wildman–Crippen MR) is 60.2 cm³/mol. The number of carbonyl (C=O) groups is 2. The molecule has 0 radical (unpaired) electrons. The van der Waals surface area contributed by atoms with Crippen LogP contribution < -0.4 is 5.32 Å². The molecule has 19 heavy (non-hydrogen) atoms. The van der Waals surface area contributed by atoms with Gasteiger partial charge in [0.1, 0.15) is 6.54 Å². The van der Waals surface area contributed by atoms with Crippen LogP contribution in [0.3, 0.4) is 0 Å². The van der Waals surface area contributed by atoms with Crippen LogP contribution in [0.2, 0.25) is 0 Å². The Morgan fingerprint density at radius 2 is 1.95 bits per heavy atom. The Morgan fingerprint density at radius 3 is 2.53 bits per heavy atom. The number of alkyl halides is 3. The number of hydrogen-bond acceptors (Lipinski definition) is 3. The van der Waals surface area contributed by atoms with E-state index in [1.54, 1.807) is 4.90 Å². The van der Waals surface area contributed by atoms with Crippen molar-refractivity contribution in [3.63, 3.8) is 0 Å². The van der Waals surface area contributed by atoms with E-state index in [0.29, 0.717) is 26.2 Å². The summed E-state index contributed by atoms with van der Waals surface area (Å²) in [5, 5.41) is 3.09. The Labute approximate surface area is 108 Å². The molecule has 2 saturated heterocycles. The first kappa shape index (κ1) is 14.1. The van der Waals surface area contributed by atoms with Crippen LogP contribution in [0.1, 0.15) is 6.42 Å². The van der Waals surface area contributed by atoms with E-state index in [1.165, 1.54) is 0 Å². The highest BCUT2D eigenvalue weighted by molar-refractivity contribution is 5.89. The van der Waals surface area contributed by atoms with E-state index in [-0.39, 0.29) is 18.9 Å². The molecular formula is C11H16F3N3O2. The van der Waals surface area contributed by atoms with E-state index in [2.05, 4.69) is 5.32 Å². The van der Waals surface area contributed by atoms with Crippen molar-refractivity contribution in [2.45, 2.75) is 12.6 Å². The van der Waals surface area contributed by atoms with Gasteiger partial charge >= 0.3 is 6.18 Å². The summed E-state index contributed by atoms with van der Waals surface area (Å²) in [6.07, 6.45) is -4.53. The first-order valence-corrected chi connectivity index (χ1v) is 6.21. The zero-order chi connectivity index (χ0) is 14.0. The number of piperazine rings is 1. The molecule has 0 bridgehead atoms. The van der Waals surface area contributed by atoms with Gasteiger partial charge in [-0.05, 0) is 0 Å². The molecule has 5 nitrogen and oxygen atoms in total. The molecule has 2 heterocycles. The minimum Gasteiger partial charge on any atom is -0.340 e. The molecule has 2 aliphatic rings. The zero-order valence-corrected chi connectivity index (χ0v) is 10.4. The maximum absolute atomic E-state index is 12.3. The molecule has 2 rings (SSSR count). The number of nitrogens with zero attached hydrogens (tertiary/aromatic N) is 2. The van der Waals surface area contributed by atoms with Crippen LogP contribution in [0, 0.1) is 5.92 Å². The molecule has 0 unspecified atom stereocenters. The van der Waals surface area contributed by atoms with Crippen LogP contribution in [0.5, 0.6) is 0 Å². The summed E-state index contributed by atoms with van der Waals surface area (Å²) >= 11 is 0. The lowest BCUT2D eigenvalue weighted by Crippen LogP contribution is -2.48. The van der Waals surface area contributed by atoms with Crippen LogP contribution in [0.4, 0.5) is 13.2 Å². The van der Waals surface area contributed by atoms with Gasteiger partial charge in [-0.2, -0.15) is 13.2 Å². The molecule has 0 aromatic rings. The normalized spacial score (nSPS) is 25.0. The van der Waals surface area contributed by atoms with Crippen molar-refractivity contribution in [1.82, 2.24) is 15.1 Å². The third-order valence-corrected chi connectivity index (χ3v) is 3.36. The molecule has 0 aromatic heterocycles. The minimum absolute atomic E-state index is 0.112. The Hall–Kier alpha value is -1.31. The summed E-state index contributed by atoms with van der Waals surface area (Å²) in [5.74, 6) is -1.43. The van der Waals surface area contributed by atoms with Gasteiger partial charge in [-0.1, -0.05) is 0 Å². The molecule has 0 saturated carbocycles. The first-order chi connectivity index (χ1) is 8.87.